The normalized spacial score (nSPS) is 15.9. The Hall–Kier alpha value is -3.50. The van der Waals surface area contributed by atoms with Gasteiger partial charge in [0.2, 0.25) is 0 Å². The third-order valence-corrected chi connectivity index (χ3v) is 4.90. The number of pyridine rings is 1. The molecule has 1 saturated carbocycles. The maximum atomic E-state index is 13.3. The molecule has 1 aliphatic rings. The van der Waals surface area contributed by atoms with Gasteiger partial charge in [0, 0.05) is 5.69 Å². The Labute approximate surface area is 168 Å². The van der Waals surface area contributed by atoms with E-state index in [1.54, 1.807) is 35.6 Å². The Bertz CT molecular complexity index is 1190. The Morgan fingerprint density at radius 3 is 2.87 bits per heavy atom. The van der Waals surface area contributed by atoms with E-state index in [0.29, 0.717) is 35.4 Å². The van der Waals surface area contributed by atoms with E-state index in [4.69, 9.17) is 5.41 Å². The van der Waals surface area contributed by atoms with E-state index in [0.717, 1.165) is 6.34 Å². The Morgan fingerprint density at radius 2 is 2.20 bits per heavy atom. The molecule has 3 N–H and O–H groups in total. The van der Waals surface area contributed by atoms with Crippen LogP contribution in [-0.2, 0) is 0 Å². The number of H-pyrrole nitrogens is 1. The van der Waals surface area contributed by atoms with Crippen molar-refractivity contribution in [3.8, 4) is 11.4 Å². The summed E-state index contributed by atoms with van der Waals surface area (Å²) in [5.74, 6) is -1.50. The molecule has 1 unspecified atom stereocenters. The number of carbonyl (C=O) groups excluding carboxylic acids is 1. The fourth-order valence-electron chi connectivity index (χ4n) is 3.28. The lowest BCUT2D eigenvalue weighted by atomic mass is 10.1. The van der Waals surface area contributed by atoms with Gasteiger partial charge in [0.1, 0.15) is 24.2 Å². The molecule has 1 amide bonds. The number of aromatic nitrogens is 4. The van der Waals surface area contributed by atoms with Gasteiger partial charge in [-0.15, -0.1) is 0 Å². The largest absolute Gasteiger partial charge is 0.408 e. The molecule has 8 nitrogen and oxygen atoms in total. The van der Waals surface area contributed by atoms with Crippen molar-refractivity contribution in [2.45, 2.75) is 32.0 Å². The van der Waals surface area contributed by atoms with E-state index in [-0.39, 0.29) is 11.3 Å². The summed E-state index contributed by atoms with van der Waals surface area (Å²) in [6.07, 6.45) is -1.39. The zero-order chi connectivity index (χ0) is 21.5. The Balaban J connectivity index is 1.74. The summed E-state index contributed by atoms with van der Waals surface area (Å²) in [6, 6.07) is 5.00. The van der Waals surface area contributed by atoms with Crippen molar-refractivity contribution in [3.63, 3.8) is 0 Å². The van der Waals surface area contributed by atoms with Crippen LogP contribution < -0.4 is 10.8 Å². The summed E-state index contributed by atoms with van der Waals surface area (Å²) in [4.78, 5) is 28.0. The highest BCUT2D eigenvalue weighted by molar-refractivity contribution is 5.98. The van der Waals surface area contributed by atoms with Gasteiger partial charge in [-0.2, -0.15) is 13.2 Å². The van der Waals surface area contributed by atoms with E-state index in [1.807, 2.05) is 0 Å². The zero-order valence-corrected chi connectivity index (χ0v) is 15.9. The summed E-state index contributed by atoms with van der Waals surface area (Å²) < 4.78 is 41.4. The van der Waals surface area contributed by atoms with Gasteiger partial charge >= 0.3 is 6.18 Å². The van der Waals surface area contributed by atoms with Crippen molar-refractivity contribution in [1.82, 2.24) is 24.7 Å². The number of hydrogen-bond donors (Lipinski definition) is 3. The Kier molecular flexibility index (Phi) is 4.88. The molecule has 1 atom stereocenters. The van der Waals surface area contributed by atoms with Crippen LogP contribution in [0, 0.1) is 18.3 Å². The van der Waals surface area contributed by atoms with Gasteiger partial charge in [-0.05, 0) is 43.9 Å². The topological polar surface area (TPSA) is 111 Å². The summed E-state index contributed by atoms with van der Waals surface area (Å²) in [7, 11) is 0. The number of carbonyl (C=O) groups is 1. The van der Waals surface area contributed by atoms with Crippen molar-refractivity contribution in [2.24, 2.45) is 10.9 Å². The SMILES string of the molecule is Cc1cc(-c2ccc/c(=N/C=N)[nH]2)nc2c(C(=O)NC(C3CC3)C(F)(F)F)ncn12. The molecule has 156 valence electrons. The number of alkyl halides is 3. The van der Waals surface area contributed by atoms with Gasteiger partial charge in [0.05, 0.1) is 11.4 Å². The second kappa shape index (κ2) is 7.39. The molecule has 0 saturated heterocycles. The molecular formula is C19H18F3N7O. The predicted molar refractivity (Wildman–Crippen MR) is 102 cm³/mol. The van der Waals surface area contributed by atoms with E-state index in [1.165, 1.54) is 6.33 Å². The fraction of sp³-hybridized carbons (Fsp3) is 0.316. The molecule has 1 fully saturated rings. The molecule has 0 aromatic carbocycles. The second-order valence-electron chi connectivity index (χ2n) is 7.11. The van der Waals surface area contributed by atoms with Crippen LogP contribution in [0.25, 0.3) is 17.0 Å². The number of halogens is 3. The number of fused-ring (bicyclic) bond motifs is 1. The first-order chi connectivity index (χ1) is 14.3. The molecule has 0 aliphatic heterocycles. The number of aryl methyl sites for hydroxylation is 1. The highest BCUT2D eigenvalue weighted by Gasteiger charge is 2.50. The molecule has 0 spiro atoms. The third kappa shape index (κ3) is 3.82. The maximum absolute atomic E-state index is 13.3. The highest BCUT2D eigenvalue weighted by Crippen LogP contribution is 2.40. The van der Waals surface area contributed by atoms with E-state index < -0.39 is 24.0 Å². The first-order valence-electron chi connectivity index (χ1n) is 9.22. The van der Waals surface area contributed by atoms with Crippen LogP contribution >= 0.6 is 0 Å². The molecule has 1 aliphatic carbocycles. The van der Waals surface area contributed by atoms with Crippen molar-refractivity contribution < 1.29 is 18.0 Å². The fourth-order valence-corrected chi connectivity index (χ4v) is 3.28. The first-order valence-corrected chi connectivity index (χ1v) is 9.22. The number of nitrogens with one attached hydrogen (secondary N) is 3. The van der Waals surface area contributed by atoms with Gasteiger partial charge in [-0.25, -0.2) is 15.0 Å². The second-order valence-corrected chi connectivity index (χ2v) is 7.11. The van der Waals surface area contributed by atoms with Gasteiger partial charge in [0.25, 0.3) is 5.91 Å². The number of hydrogen-bond acceptors (Lipinski definition) is 4. The van der Waals surface area contributed by atoms with Crippen molar-refractivity contribution in [3.05, 3.63) is 47.5 Å². The Morgan fingerprint density at radius 1 is 1.43 bits per heavy atom. The van der Waals surface area contributed by atoms with E-state index >= 15 is 0 Å². The van der Waals surface area contributed by atoms with Crippen LogP contribution in [-0.4, -0.2) is 43.8 Å². The van der Waals surface area contributed by atoms with Crippen LogP contribution in [0.4, 0.5) is 13.2 Å². The van der Waals surface area contributed by atoms with Gasteiger partial charge in [-0.1, -0.05) is 6.07 Å². The zero-order valence-electron chi connectivity index (χ0n) is 15.9. The van der Waals surface area contributed by atoms with Crippen LogP contribution in [0.5, 0.6) is 0 Å². The lowest BCUT2D eigenvalue weighted by Gasteiger charge is -2.20. The smallest absolute Gasteiger partial charge is 0.339 e. The molecule has 0 bridgehead atoms. The van der Waals surface area contributed by atoms with Crippen LogP contribution in [0.15, 0.2) is 35.6 Å². The molecule has 11 heteroatoms. The van der Waals surface area contributed by atoms with Crippen LogP contribution in [0.2, 0.25) is 0 Å². The van der Waals surface area contributed by atoms with Gasteiger partial charge < -0.3 is 10.3 Å². The molecule has 3 aromatic heterocycles. The van der Waals surface area contributed by atoms with Crippen molar-refractivity contribution in [2.75, 3.05) is 0 Å². The van der Waals surface area contributed by atoms with Crippen LogP contribution in [0.1, 0.15) is 29.0 Å². The number of imidazole rings is 1. The third-order valence-electron chi connectivity index (χ3n) is 4.90. The molecule has 0 radical (unpaired) electrons. The standard InChI is InChI=1S/C19H18F3N7O/c1-10-7-13(12-3-2-4-14(26-12)24-8-23)27-17-15(25-9-29(10)17)18(30)28-16(11-5-6-11)19(20,21)22/h2-4,7-9,11,16H,5-6H2,1H3,(H,28,30)(H2,23,24,26). The molecule has 3 aromatic rings. The van der Waals surface area contributed by atoms with E-state index in [9.17, 15) is 18.0 Å². The summed E-state index contributed by atoms with van der Waals surface area (Å²) >= 11 is 0. The minimum atomic E-state index is -4.52. The predicted octanol–water partition coefficient (Wildman–Crippen LogP) is 2.61. The lowest BCUT2D eigenvalue weighted by molar-refractivity contribution is -0.158. The van der Waals surface area contributed by atoms with Gasteiger partial charge in [-0.3, -0.25) is 14.6 Å². The molecule has 30 heavy (non-hydrogen) atoms. The van der Waals surface area contributed by atoms with Gasteiger partial charge in [0.15, 0.2) is 11.3 Å². The number of nitrogens with zero attached hydrogens (tertiary/aromatic N) is 4. The summed E-state index contributed by atoms with van der Waals surface area (Å²) in [6.45, 7) is 1.77. The highest BCUT2D eigenvalue weighted by atomic mass is 19.4. The van der Waals surface area contributed by atoms with Crippen LogP contribution in [0.3, 0.4) is 0 Å². The average molecular weight is 417 g/mol. The minimum absolute atomic E-state index is 0.155. The first kappa shape index (κ1) is 19.8. The van der Waals surface area contributed by atoms with Crippen molar-refractivity contribution in [1.29, 1.82) is 5.41 Å². The number of rotatable bonds is 5. The number of aromatic amines is 1. The average Bonchev–Trinajstić information content (AvgIpc) is 3.43. The molecular weight excluding hydrogens is 399 g/mol. The monoisotopic (exact) mass is 417 g/mol. The molecule has 4 rings (SSSR count). The minimum Gasteiger partial charge on any atom is -0.339 e. The van der Waals surface area contributed by atoms with E-state index in [2.05, 4.69) is 25.3 Å². The summed E-state index contributed by atoms with van der Waals surface area (Å²) in [5, 5.41) is 9.17. The maximum Gasteiger partial charge on any atom is 0.408 e. The lowest BCUT2D eigenvalue weighted by Crippen LogP contribution is -2.47. The quantitative estimate of drug-likeness (QED) is 0.438. The molecule has 3 heterocycles. The summed E-state index contributed by atoms with van der Waals surface area (Å²) in [5.41, 5.74) is 2.15. The van der Waals surface area contributed by atoms with Crippen molar-refractivity contribution >= 4 is 17.9 Å². The number of amides is 1.